The molecule has 0 bridgehead atoms. The van der Waals surface area contributed by atoms with Crippen LogP contribution in [-0.4, -0.2) is 54.7 Å². The lowest BCUT2D eigenvalue weighted by Crippen LogP contribution is -2.32. The lowest BCUT2D eigenvalue weighted by atomic mass is 9.85. The second-order valence-electron chi connectivity index (χ2n) is 13.4. The average Bonchev–Trinajstić information content (AvgIpc) is 3.47. The van der Waals surface area contributed by atoms with Crippen LogP contribution in [0.4, 0.5) is 10.5 Å². The van der Waals surface area contributed by atoms with E-state index in [-0.39, 0.29) is 29.4 Å². The number of methoxy groups -OCH3 is 1. The predicted molar refractivity (Wildman–Crippen MR) is 191 cm³/mol. The summed E-state index contributed by atoms with van der Waals surface area (Å²) in [6.07, 6.45) is 3.50. The van der Waals surface area contributed by atoms with Gasteiger partial charge in [0.05, 0.1) is 13.7 Å². The molecule has 6 rings (SSSR count). The Morgan fingerprint density at radius 1 is 0.940 bits per heavy atom. The number of nitrogens with zero attached hydrogens (tertiary/aromatic N) is 1. The Morgan fingerprint density at radius 3 is 2.42 bits per heavy atom. The number of fused-ring (bicyclic) bond motifs is 3. The van der Waals surface area contributed by atoms with Crippen LogP contribution in [0.15, 0.2) is 60.0 Å². The molecule has 3 heterocycles. The molecule has 0 radical (unpaired) electrons. The van der Waals surface area contributed by atoms with E-state index in [0.29, 0.717) is 48.1 Å². The van der Waals surface area contributed by atoms with Crippen LogP contribution in [0.5, 0.6) is 5.75 Å². The Morgan fingerprint density at radius 2 is 1.72 bits per heavy atom. The van der Waals surface area contributed by atoms with Crippen LogP contribution >= 0.6 is 11.3 Å². The van der Waals surface area contributed by atoms with Crippen molar-refractivity contribution >= 4 is 40.9 Å². The van der Waals surface area contributed by atoms with E-state index < -0.39 is 23.6 Å². The maximum Gasteiger partial charge on any atom is 0.407 e. The van der Waals surface area contributed by atoms with Gasteiger partial charge >= 0.3 is 12.1 Å². The number of carbonyl (C=O) groups excluding carboxylic acids is 4. The Labute approximate surface area is 294 Å². The zero-order valence-corrected chi connectivity index (χ0v) is 29.3. The molecule has 11 nitrogen and oxygen atoms in total. The molecule has 12 heteroatoms. The smallest absolute Gasteiger partial charge is 0.407 e. The summed E-state index contributed by atoms with van der Waals surface area (Å²) in [5, 5.41) is 10.6. The van der Waals surface area contributed by atoms with Gasteiger partial charge in [-0.1, -0.05) is 18.6 Å². The second-order valence-corrected chi connectivity index (χ2v) is 14.3. The number of hydrogen-bond donors (Lipinski definition) is 3. The molecule has 0 saturated heterocycles. The monoisotopic (exact) mass is 696 g/mol. The van der Waals surface area contributed by atoms with E-state index in [9.17, 15) is 19.2 Å². The summed E-state index contributed by atoms with van der Waals surface area (Å²) in [5.74, 6) is -0.535. The first-order valence-electron chi connectivity index (χ1n) is 16.6. The van der Waals surface area contributed by atoms with Crippen molar-refractivity contribution < 1.29 is 33.4 Å². The van der Waals surface area contributed by atoms with E-state index in [1.165, 1.54) is 7.11 Å². The van der Waals surface area contributed by atoms with E-state index in [1.807, 2.05) is 5.38 Å². The van der Waals surface area contributed by atoms with Gasteiger partial charge in [-0.15, -0.1) is 11.3 Å². The molecule has 1 fully saturated rings. The van der Waals surface area contributed by atoms with Gasteiger partial charge in [-0.05, 0) is 98.5 Å². The van der Waals surface area contributed by atoms with Crippen molar-refractivity contribution in [1.82, 2.24) is 15.6 Å². The van der Waals surface area contributed by atoms with Crippen molar-refractivity contribution in [3.8, 4) is 27.3 Å². The standard InChI is InChI=1S/C38H40N4O7S/c1-38(2,3)49-37(46)40-21-23-8-10-25(11-9-23)41-34(43)28-18-29-31(48-16-14-24-15-17-50-33(24)29)19-27(28)26-12-13-30(42-32(26)36(45)47-4)35(44)39-20-22-6-5-7-22/h8-13,15,17-19,22H,5-7,14,16,20-21H2,1-4H3,(H,39,44)(H,40,46)(H,41,43). The highest BCUT2D eigenvalue weighted by atomic mass is 32.1. The van der Waals surface area contributed by atoms with E-state index in [4.69, 9.17) is 14.2 Å². The largest absolute Gasteiger partial charge is 0.493 e. The maximum absolute atomic E-state index is 14.1. The molecule has 2 aromatic heterocycles. The number of rotatable bonds is 9. The summed E-state index contributed by atoms with van der Waals surface area (Å²) in [6, 6.07) is 15.8. The zero-order chi connectivity index (χ0) is 35.4. The number of hydrogen-bond acceptors (Lipinski definition) is 9. The number of nitrogens with one attached hydrogen (secondary N) is 3. The van der Waals surface area contributed by atoms with Crippen molar-refractivity contribution in [3.05, 3.63) is 88.1 Å². The first-order valence-corrected chi connectivity index (χ1v) is 17.5. The summed E-state index contributed by atoms with van der Waals surface area (Å²) in [4.78, 5) is 57.9. The van der Waals surface area contributed by atoms with Crippen molar-refractivity contribution in [2.24, 2.45) is 5.92 Å². The third-order valence-electron chi connectivity index (χ3n) is 8.61. The van der Waals surface area contributed by atoms with Crippen LogP contribution in [0, 0.1) is 5.92 Å². The topological polar surface area (TPSA) is 145 Å². The van der Waals surface area contributed by atoms with Crippen molar-refractivity contribution in [1.29, 1.82) is 0 Å². The minimum Gasteiger partial charge on any atom is -0.493 e. The van der Waals surface area contributed by atoms with Gasteiger partial charge in [-0.3, -0.25) is 9.59 Å². The van der Waals surface area contributed by atoms with E-state index in [2.05, 4.69) is 27.0 Å². The number of amides is 3. The molecular formula is C38H40N4O7S. The summed E-state index contributed by atoms with van der Waals surface area (Å²) < 4.78 is 16.6. The molecule has 1 aliphatic heterocycles. The molecule has 260 valence electrons. The van der Waals surface area contributed by atoms with Crippen molar-refractivity contribution in [2.45, 2.75) is 58.6 Å². The predicted octanol–water partition coefficient (Wildman–Crippen LogP) is 7.01. The number of thiophene rings is 1. The SMILES string of the molecule is COC(=O)c1nc(C(=O)NCC2CCC2)ccc1-c1cc2c(cc1C(=O)Nc1ccc(CNC(=O)OC(C)(C)C)cc1)-c1sccc1CCO2. The fourth-order valence-electron chi connectivity index (χ4n) is 5.80. The van der Waals surface area contributed by atoms with Gasteiger partial charge < -0.3 is 30.2 Å². The fraction of sp³-hybridized carbons (Fsp3) is 0.342. The number of anilines is 1. The first kappa shape index (κ1) is 34.6. The summed E-state index contributed by atoms with van der Waals surface area (Å²) >= 11 is 1.57. The van der Waals surface area contributed by atoms with E-state index in [1.54, 1.807) is 80.6 Å². The lowest BCUT2D eigenvalue weighted by Gasteiger charge is -2.25. The number of carbonyl (C=O) groups is 4. The highest BCUT2D eigenvalue weighted by Gasteiger charge is 2.27. The Hall–Kier alpha value is -5.23. The molecule has 2 aromatic carbocycles. The number of alkyl carbamates (subject to hydrolysis) is 1. The van der Waals surface area contributed by atoms with Gasteiger partial charge in [0.2, 0.25) is 0 Å². The molecule has 4 aromatic rings. The highest BCUT2D eigenvalue weighted by molar-refractivity contribution is 7.13. The Bertz CT molecular complexity index is 1930. The van der Waals surface area contributed by atoms with Gasteiger partial charge in [0.15, 0.2) is 5.69 Å². The third-order valence-corrected chi connectivity index (χ3v) is 9.60. The van der Waals surface area contributed by atoms with E-state index in [0.717, 1.165) is 40.8 Å². The summed E-state index contributed by atoms with van der Waals surface area (Å²) in [6.45, 7) is 6.63. The third kappa shape index (κ3) is 7.97. The maximum atomic E-state index is 14.1. The van der Waals surface area contributed by atoms with Crippen molar-refractivity contribution in [3.63, 3.8) is 0 Å². The molecular weight excluding hydrogens is 657 g/mol. The highest BCUT2D eigenvalue weighted by Crippen LogP contribution is 2.43. The fourth-order valence-corrected chi connectivity index (χ4v) is 6.78. The molecule has 50 heavy (non-hydrogen) atoms. The Balaban J connectivity index is 1.33. The molecule has 0 atom stereocenters. The second kappa shape index (κ2) is 14.7. The van der Waals surface area contributed by atoms with Crippen LogP contribution < -0.4 is 20.7 Å². The van der Waals surface area contributed by atoms with Crippen LogP contribution in [-0.2, 0) is 22.4 Å². The van der Waals surface area contributed by atoms with E-state index >= 15 is 0 Å². The van der Waals surface area contributed by atoms with Gasteiger partial charge in [0, 0.05) is 52.3 Å². The minimum atomic E-state index is -0.744. The normalized spacial score (nSPS) is 13.8. The van der Waals surface area contributed by atoms with Crippen LogP contribution in [0.1, 0.15) is 82.5 Å². The number of aromatic nitrogens is 1. The summed E-state index contributed by atoms with van der Waals surface area (Å²) in [5.41, 5.74) is 3.60. The molecule has 1 aliphatic carbocycles. The van der Waals surface area contributed by atoms with Gasteiger partial charge in [0.1, 0.15) is 17.0 Å². The molecule has 1 saturated carbocycles. The quantitative estimate of drug-likeness (QED) is 0.159. The minimum absolute atomic E-state index is 0.0787. The first-order chi connectivity index (χ1) is 24.0. The molecule has 0 unspecified atom stereocenters. The molecule has 0 spiro atoms. The number of benzene rings is 2. The van der Waals surface area contributed by atoms with Gasteiger partial charge in [0.25, 0.3) is 11.8 Å². The average molecular weight is 697 g/mol. The number of ether oxygens (including phenoxy) is 3. The van der Waals surface area contributed by atoms with Crippen LogP contribution in [0.3, 0.4) is 0 Å². The number of pyridine rings is 1. The summed E-state index contributed by atoms with van der Waals surface area (Å²) in [7, 11) is 1.25. The lowest BCUT2D eigenvalue weighted by molar-refractivity contribution is 0.0522. The van der Waals surface area contributed by atoms with Crippen molar-refractivity contribution in [2.75, 3.05) is 25.6 Å². The van der Waals surface area contributed by atoms with Gasteiger partial charge in [-0.2, -0.15) is 0 Å². The molecule has 2 aliphatic rings. The van der Waals surface area contributed by atoms with Crippen LogP contribution in [0.25, 0.3) is 21.6 Å². The molecule has 3 amide bonds. The Kier molecular flexibility index (Phi) is 10.2. The molecule has 3 N–H and O–H groups in total. The van der Waals surface area contributed by atoms with Crippen LogP contribution in [0.2, 0.25) is 0 Å². The zero-order valence-electron chi connectivity index (χ0n) is 28.5. The van der Waals surface area contributed by atoms with Gasteiger partial charge in [-0.25, -0.2) is 14.6 Å². The number of esters is 1.